The number of hydrogen-bond acceptors (Lipinski definition) is 3. The van der Waals surface area contributed by atoms with Crippen molar-refractivity contribution in [2.24, 2.45) is 0 Å². The molecule has 2 aliphatic rings. The summed E-state index contributed by atoms with van der Waals surface area (Å²) in [4.78, 5) is 3.04. The Kier molecular flexibility index (Phi) is 4.14. The van der Waals surface area contributed by atoms with Crippen molar-refractivity contribution in [3.05, 3.63) is 50.1 Å². The van der Waals surface area contributed by atoms with E-state index >= 15 is 0 Å². The fourth-order valence-corrected chi connectivity index (χ4v) is 6.40. The van der Waals surface area contributed by atoms with Gasteiger partial charge in [0.25, 0.3) is 0 Å². The Bertz CT molecular complexity index is 652. The van der Waals surface area contributed by atoms with E-state index in [1.165, 1.54) is 51.2 Å². The second-order valence-corrected chi connectivity index (χ2v) is 9.42. The molecule has 1 nitrogen and oxygen atoms in total. The van der Waals surface area contributed by atoms with E-state index in [1.807, 2.05) is 23.1 Å². The lowest BCUT2D eigenvalue weighted by Crippen LogP contribution is -2.30. The number of thioether (sulfide) groups is 1. The number of hydrogen-bond donors (Lipinski definition) is 1. The van der Waals surface area contributed by atoms with Crippen molar-refractivity contribution in [3.8, 4) is 0 Å². The molecule has 21 heavy (non-hydrogen) atoms. The van der Waals surface area contributed by atoms with Gasteiger partial charge >= 0.3 is 0 Å². The van der Waals surface area contributed by atoms with E-state index < -0.39 is 0 Å². The largest absolute Gasteiger partial charge is 0.303 e. The zero-order chi connectivity index (χ0) is 14.2. The topological polar surface area (TPSA) is 12.0 Å². The van der Waals surface area contributed by atoms with Crippen LogP contribution in [0.3, 0.4) is 0 Å². The smallest absolute Gasteiger partial charge is 0.0704 e. The molecular formula is C17H18BrNS2. The predicted octanol–water partition coefficient (Wildman–Crippen LogP) is 5.71. The van der Waals surface area contributed by atoms with Crippen molar-refractivity contribution in [2.45, 2.75) is 42.7 Å². The number of fused-ring (bicyclic) bond motifs is 2. The molecule has 1 aliphatic carbocycles. The van der Waals surface area contributed by atoms with Crippen LogP contribution in [0.5, 0.6) is 0 Å². The molecule has 2 unspecified atom stereocenters. The average molecular weight is 380 g/mol. The molecule has 0 amide bonds. The first-order chi connectivity index (χ1) is 10.3. The Labute approximate surface area is 142 Å². The lowest BCUT2D eigenvalue weighted by Gasteiger charge is -2.32. The van der Waals surface area contributed by atoms with E-state index in [9.17, 15) is 0 Å². The van der Waals surface area contributed by atoms with Crippen LogP contribution in [0.4, 0.5) is 0 Å². The van der Waals surface area contributed by atoms with Crippen LogP contribution >= 0.6 is 39.0 Å². The first kappa shape index (κ1) is 14.3. The summed E-state index contributed by atoms with van der Waals surface area (Å²) in [6, 6.07) is 12.3. The van der Waals surface area contributed by atoms with Gasteiger partial charge in [0.2, 0.25) is 0 Å². The molecule has 0 saturated carbocycles. The van der Waals surface area contributed by atoms with Crippen LogP contribution in [-0.4, -0.2) is 5.75 Å². The zero-order valence-corrected chi connectivity index (χ0v) is 15.0. The molecule has 2 atom stereocenters. The second kappa shape index (κ2) is 6.07. The molecular weight excluding hydrogens is 362 g/mol. The van der Waals surface area contributed by atoms with Crippen LogP contribution in [0.1, 0.15) is 47.4 Å². The average Bonchev–Trinajstić information content (AvgIpc) is 2.89. The second-order valence-electron chi connectivity index (χ2n) is 5.77. The fraction of sp³-hybridized carbons (Fsp3) is 0.412. The minimum Gasteiger partial charge on any atom is -0.303 e. The lowest BCUT2D eigenvalue weighted by atomic mass is 9.92. The molecule has 2 heterocycles. The van der Waals surface area contributed by atoms with E-state index in [2.05, 4.69) is 51.6 Å². The molecule has 0 radical (unpaired) electrons. The van der Waals surface area contributed by atoms with Crippen molar-refractivity contribution in [3.63, 3.8) is 0 Å². The number of halogens is 1. The van der Waals surface area contributed by atoms with E-state index in [0.717, 1.165) is 0 Å². The molecule has 1 aliphatic heterocycles. The fourth-order valence-electron chi connectivity index (χ4n) is 3.45. The van der Waals surface area contributed by atoms with Gasteiger partial charge in [-0.1, -0.05) is 18.2 Å². The first-order valence-corrected chi connectivity index (χ1v) is 10.2. The van der Waals surface area contributed by atoms with Crippen LogP contribution in [0, 0.1) is 0 Å². The van der Waals surface area contributed by atoms with Crippen molar-refractivity contribution < 1.29 is 0 Å². The molecule has 1 aromatic carbocycles. The molecule has 1 aromatic heterocycles. The number of benzene rings is 1. The SMILES string of the molecule is Brc1cc2c(s1)CCCC2NC1CCSc2ccccc21. The summed E-state index contributed by atoms with van der Waals surface area (Å²) in [6.45, 7) is 0. The van der Waals surface area contributed by atoms with Gasteiger partial charge < -0.3 is 5.32 Å². The van der Waals surface area contributed by atoms with Crippen molar-refractivity contribution >= 4 is 39.0 Å². The van der Waals surface area contributed by atoms with Gasteiger partial charge in [-0.2, -0.15) is 0 Å². The predicted molar refractivity (Wildman–Crippen MR) is 95.4 cm³/mol. The summed E-state index contributed by atoms with van der Waals surface area (Å²) in [5.74, 6) is 1.22. The molecule has 1 N–H and O–H groups in total. The Hall–Kier alpha value is -0.290. The third-order valence-corrected chi connectivity index (χ3v) is 7.28. The lowest BCUT2D eigenvalue weighted by molar-refractivity contribution is 0.392. The first-order valence-electron chi connectivity index (χ1n) is 7.57. The van der Waals surface area contributed by atoms with E-state index in [0.29, 0.717) is 12.1 Å². The summed E-state index contributed by atoms with van der Waals surface area (Å²) in [5, 5.41) is 3.96. The van der Waals surface area contributed by atoms with Gasteiger partial charge in [0, 0.05) is 21.9 Å². The van der Waals surface area contributed by atoms with E-state index in [1.54, 1.807) is 4.88 Å². The highest BCUT2D eigenvalue weighted by molar-refractivity contribution is 9.11. The van der Waals surface area contributed by atoms with Crippen LogP contribution in [-0.2, 0) is 6.42 Å². The molecule has 0 spiro atoms. The Balaban J connectivity index is 1.60. The minimum absolute atomic E-state index is 0.511. The molecule has 0 bridgehead atoms. The Morgan fingerprint density at radius 2 is 1.95 bits per heavy atom. The normalized spacial score (nSPS) is 24.4. The molecule has 0 fully saturated rings. The summed E-state index contributed by atoms with van der Waals surface area (Å²) in [7, 11) is 0. The quantitative estimate of drug-likeness (QED) is 0.716. The molecule has 0 saturated heterocycles. The number of thiophene rings is 1. The van der Waals surface area contributed by atoms with Gasteiger partial charge in [0.1, 0.15) is 0 Å². The maximum atomic E-state index is 3.96. The molecule has 2 aromatic rings. The summed E-state index contributed by atoms with van der Waals surface area (Å²) in [6.07, 6.45) is 5.06. The van der Waals surface area contributed by atoms with Crippen molar-refractivity contribution in [1.82, 2.24) is 5.32 Å². The highest BCUT2D eigenvalue weighted by atomic mass is 79.9. The zero-order valence-electron chi connectivity index (χ0n) is 11.8. The van der Waals surface area contributed by atoms with Crippen LogP contribution < -0.4 is 5.32 Å². The third-order valence-electron chi connectivity index (χ3n) is 4.44. The molecule has 110 valence electrons. The summed E-state index contributed by atoms with van der Waals surface area (Å²) in [5.41, 5.74) is 3.03. The molecule has 4 rings (SSSR count). The van der Waals surface area contributed by atoms with E-state index in [-0.39, 0.29) is 0 Å². The van der Waals surface area contributed by atoms with Gasteiger partial charge in [-0.3, -0.25) is 0 Å². The minimum atomic E-state index is 0.511. The maximum Gasteiger partial charge on any atom is 0.0704 e. The van der Waals surface area contributed by atoms with Gasteiger partial charge in [-0.05, 0) is 70.6 Å². The third kappa shape index (κ3) is 2.83. The summed E-state index contributed by atoms with van der Waals surface area (Å²) >= 11 is 7.57. The molecule has 4 heteroatoms. The number of rotatable bonds is 2. The highest BCUT2D eigenvalue weighted by Gasteiger charge is 2.27. The van der Waals surface area contributed by atoms with Gasteiger partial charge in [-0.15, -0.1) is 23.1 Å². The van der Waals surface area contributed by atoms with Gasteiger partial charge in [-0.25, -0.2) is 0 Å². The standard InChI is InChI=1S/C17H18BrNS2/c18-17-10-12-13(5-3-7-16(12)21-17)19-14-8-9-20-15-6-2-1-4-11(14)15/h1-2,4,6,10,13-14,19H,3,5,7-9H2. The Morgan fingerprint density at radius 1 is 1.10 bits per heavy atom. The van der Waals surface area contributed by atoms with Crippen molar-refractivity contribution in [1.29, 1.82) is 0 Å². The van der Waals surface area contributed by atoms with E-state index in [4.69, 9.17) is 0 Å². The Morgan fingerprint density at radius 3 is 2.90 bits per heavy atom. The van der Waals surface area contributed by atoms with Gasteiger partial charge in [0.15, 0.2) is 0 Å². The monoisotopic (exact) mass is 379 g/mol. The summed E-state index contributed by atoms with van der Waals surface area (Å²) < 4.78 is 1.28. The number of nitrogens with one attached hydrogen (secondary N) is 1. The van der Waals surface area contributed by atoms with Gasteiger partial charge in [0.05, 0.1) is 3.79 Å². The highest BCUT2D eigenvalue weighted by Crippen LogP contribution is 2.41. The van der Waals surface area contributed by atoms with Crippen LogP contribution in [0.15, 0.2) is 39.0 Å². The van der Waals surface area contributed by atoms with Crippen molar-refractivity contribution in [2.75, 3.05) is 5.75 Å². The number of aryl methyl sites for hydroxylation is 1. The maximum absolute atomic E-state index is 3.96. The van der Waals surface area contributed by atoms with Crippen LogP contribution in [0.25, 0.3) is 0 Å². The van der Waals surface area contributed by atoms with Crippen LogP contribution in [0.2, 0.25) is 0 Å².